The fraction of sp³-hybridized carbons (Fsp3) is 1.00. The van der Waals surface area contributed by atoms with E-state index in [1.807, 2.05) is 0 Å². The quantitative estimate of drug-likeness (QED) is 0.614. The van der Waals surface area contributed by atoms with Crippen molar-refractivity contribution in [3.8, 4) is 0 Å². The molecule has 0 atom stereocenters. The lowest BCUT2D eigenvalue weighted by molar-refractivity contribution is 0.248. The van der Waals surface area contributed by atoms with Crippen LogP contribution in [0.4, 0.5) is 0 Å². The van der Waals surface area contributed by atoms with Crippen LogP contribution in [-0.4, -0.2) is 36.6 Å². The van der Waals surface area contributed by atoms with Crippen LogP contribution in [0, 0.1) is 5.92 Å². The van der Waals surface area contributed by atoms with Crippen LogP contribution in [0.25, 0.3) is 0 Å². The van der Waals surface area contributed by atoms with Crippen molar-refractivity contribution in [3.05, 3.63) is 0 Å². The monoisotopic (exact) mass is 208 g/mol. The minimum Gasteiger partial charge on any atom is -0.314 e. The van der Waals surface area contributed by atoms with Crippen molar-refractivity contribution >= 4 is 0 Å². The summed E-state index contributed by atoms with van der Waals surface area (Å²) in [5.74, 6) is 1.07. The van der Waals surface area contributed by atoms with Crippen molar-refractivity contribution < 1.29 is 0 Å². The Balaban J connectivity index is 1.30. The molecule has 86 valence electrons. The Bertz CT molecular complexity index is 205. The molecule has 0 spiro atoms. The molecule has 0 saturated heterocycles. The Hall–Kier alpha value is -0.0800. The van der Waals surface area contributed by atoms with Crippen LogP contribution in [0.2, 0.25) is 0 Å². The van der Waals surface area contributed by atoms with Crippen LogP contribution in [0.1, 0.15) is 44.9 Å². The van der Waals surface area contributed by atoms with Gasteiger partial charge in [-0.2, -0.15) is 0 Å². The largest absolute Gasteiger partial charge is 0.314 e. The standard InChI is InChI=1S/C13H24N2/c1(8-14-12-4-5-12)9-15(13-6-7-13)10-11-2-3-11/h11-14H,1-10H2. The molecule has 15 heavy (non-hydrogen) atoms. The molecule has 0 radical (unpaired) electrons. The highest BCUT2D eigenvalue weighted by atomic mass is 15.2. The van der Waals surface area contributed by atoms with E-state index in [0.29, 0.717) is 0 Å². The summed E-state index contributed by atoms with van der Waals surface area (Å²) in [7, 11) is 0. The summed E-state index contributed by atoms with van der Waals surface area (Å²) < 4.78 is 0. The molecule has 1 N–H and O–H groups in total. The molecule has 0 aromatic carbocycles. The summed E-state index contributed by atoms with van der Waals surface area (Å²) in [6.07, 6.45) is 10.2. The zero-order valence-corrected chi connectivity index (χ0v) is 9.75. The molecule has 3 rings (SSSR count). The summed E-state index contributed by atoms with van der Waals surface area (Å²) in [6.45, 7) is 4.01. The van der Waals surface area contributed by atoms with Crippen molar-refractivity contribution in [1.29, 1.82) is 0 Å². The van der Waals surface area contributed by atoms with E-state index in [0.717, 1.165) is 18.0 Å². The van der Waals surface area contributed by atoms with Crippen LogP contribution < -0.4 is 5.32 Å². The first-order chi connectivity index (χ1) is 7.42. The van der Waals surface area contributed by atoms with Gasteiger partial charge in [0.25, 0.3) is 0 Å². The Morgan fingerprint density at radius 3 is 2.40 bits per heavy atom. The first kappa shape index (κ1) is 10.1. The molecule has 2 nitrogen and oxygen atoms in total. The Morgan fingerprint density at radius 1 is 1.00 bits per heavy atom. The number of nitrogens with one attached hydrogen (secondary N) is 1. The van der Waals surface area contributed by atoms with E-state index in [1.54, 1.807) is 0 Å². The summed E-state index contributed by atoms with van der Waals surface area (Å²) in [5.41, 5.74) is 0. The molecule has 0 aliphatic heterocycles. The molecule has 3 saturated carbocycles. The molecule has 0 aromatic heterocycles. The average Bonchev–Trinajstić information content (AvgIpc) is 3.11. The predicted molar refractivity (Wildman–Crippen MR) is 63.0 cm³/mol. The SMILES string of the molecule is C(CNC1CC1)CN(CC1CC1)C1CC1. The van der Waals surface area contributed by atoms with E-state index in [4.69, 9.17) is 0 Å². The minimum atomic E-state index is 0.891. The first-order valence-electron chi connectivity index (χ1n) is 6.89. The van der Waals surface area contributed by atoms with Gasteiger partial charge in [-0.1, -0.05) is 0 Å². The van der Waals surface area contributed by atoms with E-state index in [2.05, 4.69) is 10.2 Å². The second kappa shape index (κ2) is 4.42. The zero-order valence-electron chi connectivity index (χ0n) is 9.75. The topological polar surface area (TPSA) is 15.3 Å². The average molecular weight is 208 g/mol. The van der Waals surface area contributed by atoms with Crippen LogP contribution in [0.3, 0.4) is 0 Å². The maximum absolute atomic E-state index is 3.61. The van der Waals surface area contributed by atoms with Gasteiger partial charge in [-0.25, -0.2) is 0 Å². The van der Waals surface area contributed by atoms with Gasteiger partial charge in [-0.15, -0.1) is 0 Å². The van der Waals surface area contributed by atoms with Crippen molar-refractivity contribution in [1.82, 2.24) is 10.2 Å². The Morgan fingerprint density at radius 2 is 1.80 bits per heavy atom. The van der Waals surface area contributed by atoms with E-state index in [9.17, 15) is 0 Å². The van der Waals surface area contributed by atoms with E-state index in [-0.39, 0.29) is 0 Å². The highest BCUT2D eigenvalue weighted by Crippen LogP contribution is 2.34. The van der Waals surface area contributed by atoms with E-state index in [1.165, 1.54) is 64.6 Å². The third-order valence-electron chi connectivity index (χ3n) is 3.89. The molecule has 2 heteroatoms. The number of hydrogen-bond donors (Lipinski definition) is 1. The van der Waals surface area contributed by atoms with Crippen LogP contribution in [0.15, 0.2) is 0 Å². The van der Waals surface area contributed by atoms with Gasteiger partial charge < -0.3 is 10.2 Å². The Kier molecular flexibility index (Phi) is 2.98. The second-order valence-corrected chi connectivity index (χ2v) is 5.75. The van der Waals surface area contributed by atoms with Gasteiger partial charge >= 0.3 is 0 Å². The lowest BCUT2D eigenvalue weighted by Crippen LogP contribution is -2.31. The fourth-order valence-corrected chi connectivity index (χ4v) is 2.37. The highest BCUT2D eigenvalue weighted by Gasteiger charge is 2.33. The molecule has 0 unspecified atom stereocenters. The third-order valence-corrected chi connectivity index (χ3v) is 3.89. The Labute approximate surface area is 93.4 Å². The van der Waals surface area contributed by atoms with Gasteiger partial charge in [0.15, 0.2) is 0 Å². The fourth-order valence-electron chi connectivity index (χ4n) is 2.37. The summed E-state index contributed by atoms with van der Waals surface area (Å²) >= 11 is 0. The van der Waals surface area contributed by atoms with E-state index >= 15 is 0 Å². The molecule has 0 bridgehead atoms. The molecule has 3 aliphatic rings. The van der Waals surface area contributed by atoms with Gasteiger partial charge in [0, 0.05) is 18.6 Å². The van der Waals surface area contributed by atoms with Crippen LogP contribution in [0.5, 0.6) is 0 Å². The summed E-state index contributed by atoms with van der Waals surface area (Å²) in [5, 5.41) is 3.61. The van der Waals surface area contributed by atoms with Gasteiger partial charge in [0.1, 0.15) is 0 Å². The molecular formula is C13H24N2. The van der Waals surface area contributed by atoms with Gasteiger partial charge in [-0.3, -0.25) is 0 Å². The second-order valence-electron chi connectivity index (χ2n) is 5.75. The van der Waals surface area contributed by atoms with Crippen molar-refractivity contribution in [2.75, 3.05) is 19.6 Å². The molecule has 3 aliphatic carbocycles. The molecule has 0 amide bonds. The lowest BCUT2D eigenvalue weighted by atomic mass is 10.3. The summed E-state index contributed by atoms with van der Waals surface area (Å²) in [4.78, 5) is 2.77. The van der Waals surface area contributed by atoms with Gasteiger partial charge in [-0.05, 0) is 64.0 Å². The predicted octanol–water partition coefficient (Wildman–Crippen LogP) is 2.00. The van der Waals surface area contributed by atoms with Gasteiger partial charge in [0.05, 0.1) is 0 Å². The van der Waals surface area contributed by atoms with E-state index < -0.39 is 0 Å². The van der Waals surface area contributed by atoms with Crippen molar-refractivity contribution in [2.24, 2.45) is 5.92 Å². The molecular weight excluding hydrogens is 184 g/mol. The number of rotatable bonds is 8. The normalized spacial score (nSPS) is 26.2. The van der Waals surface area contributed by atoms with Crippen molar-refractivity contribution in [3.63, 3.8) is 0 Å². The molecule has 0 heterocycles. The van der Waals surface area contributed by atoms with Crippen LogP contribution >= 0.6 is 0 Å². The van der Waals surface area contributed by atoms with Crippen LogP contribution in [-0.2, 0) is 0 Å². The highest BCUT2D eigenvalue weighted by molar-refractivity contribution is 4.88. The molecule has 3 fully saturated rings. The molecule has 0 aromatic rings. The zero-order chi connectivity index (χ0) is 10.1. The third kappa shape index (κ3) is 3.46. The number of nitrogens with zero attached hydrogens (tertiary/aromatic N) is 1. The number of hydrogen-bond acceptors (Lipinski definition) is 2. The smallest absolute Gasteiger partial charge is 0.00965 e. The first-order valence-corrected chi connectivity index (χ1v) is 6.89. The van der Waals surface area contributed by atoms with Gasteiger partial charge in [0.2, 0.25) is 0 Å². The maximum Gasteiger partial charge on any atom is 0.00965 e. The summed E-state index contributed by atoms with van der Waals surface area (Å²) in [6, 6.07) is 1.87. The van der Waals surface area contributed by atoms with Crippen molar-refractivity contribution in [2.45, 2.75) is 57.0 Å². The lowest BCUT2D eigenvalue weighted by Gasteiger charge is -2.21. The minimum absolute atomic E-state index is 0.891. The maximum atomic E-state index is 3.61.